The van der Waals surface area contributed by atoms with Gasteiger partial charge in [-0.3, -0.25) is 9.59 Å². The van der Waals surface area contributed by atoms with Crippen LogP contribution in [0.1, 0.15) is 6.42 Å². The molecule has 0 aliphatic rings. The molecule has 0 rings (SSSR count). The fraction of sp³-hybridized carbons (Fsp3) is 0.417. The number of carbonyl (C=O) groups is 7. The van der Waals surface area contributed by atoms with Gasteiger partial charge in [-0.1, -0.05) is 0 Å². The Balaban J connectivity index is 4.67. The summed E-state index contributed by atoms with van der Waals surface area (Å²) in [5.74, 6) is -13.8. The van der Waals surface area contributed by atoms with Crippen LogP contribution in [0.25, 0.3) is 0 Å². The van der Waals surface area contributed by atoms with Gasteiger partial charge in [-0.25, -0.2) is 24.0 Å². The smallest absolute Gasteiger partial charge is 0.382 e. The standard InChI is InChI=1S/C12H12O15/c13-2(10(23)27-12(25)7(18)5(16)9(21)22)1-3(14)26-11(24)6(17)4(15)8(19)20/h4-7,15-18H,1H2,(H,19,20)(H,21,22). The lowest BCUT2D eigenvalue weighted by atomic mass is 10.2. The number of aliphatic carboxylic acids is 2. The number of aliphatic hydroxyl groups excluding tert-OH is 4. The molecule has 4 unspecified atom stereocenters. The zero-order valence-electron chi connectivity index (χ0n) is 12.9. The summed E-state index contributed by atoms with van der Waals surface area (Å²) < 4.78 is 7.50. The third kappa shape index (κ3) is 7.24. The fourth-order valence-electron chi connectivity index (χ4n) is 1.15. The number of ketones is 1. The van der Waals surface area contributed by atoms with Crippen molar-refractivity contribution in [1.29, 1.82) is 0 Å². The summed E-state index contributed by atoms with van der Waals surface area (Å²) in [5.41, 5.74) is 0. The highest BCUT2D eigenvalue weighted by molar-refractivity contribution is 6.38. The highest BCUT2D eigenvalue weighted by atomic mass is 16.6. The van der Waals surface area contributed by atoms with Crippen molar-refractivity contribution in [3.63, 3.8) is 0 Å². The molecular weight excluding hydrogens is 384 g/mol. The maximum absolute atomic E-state index is 11.3. The monoisotopic (exact) mass is 396 g/mol. The SMILES string of the molecule is O=C(CC(=O)C(=O)OC(=O)C(O)C(O)C(=O)O)OC(=O)C(O)C(O)C(=O)O. The van der Waals surface area contributed by atoms with E-state index in [-0.39, 0.29) is 0 Å². The van der Waals surface area contributed by atoms with E-state index in [9.17, 15) is 33.6 Å². The molecule has 0 aromatic carbocycles. The molecule has 150 valence electrons. The van der Waals surface area contributed by atoms with Gasteiger partial charge in [0.2, 0.25) is 0 Å². The zero-order valence-corrected chi connectivity index (χ0v) is 12.9. The van der Waals surface area contributed by atoms with Crippen molar-refractivity contribution in [3.8, 4) is 0 Å². The number of Topliss-reactive ketones (excluding diaryl/α,β-unsaturated/α-hetero) is 1. The lowest BCUT2D eigenvalue weighted by Gasteiger charge is -2.12. The molecule has 0 saturated carbocycles. The molecule has 0 spiro atoms. The summed E-state index contributed by atoms with van der Waals surface area (Å²) in [6.07, 6.45) is -12.3. The van der Waals surface area contributed by atoms with Gasteiger partial charge >= 0.3 is 35.8 Å². The zero-order chi connectivity index (χ0) is 21.5. The number of carboxylic acids is 2. The minimum Gasteiger partial charge on any atom is -0.479 e. The summed E-state index contributed by atoms with van der Waals surface area (Å²) in [6.45, 7) is 0. The van der Waals surface area contributed by atoms with Crippen LogP contribution in [-0.4, -0.2) is 96.7 Å². The molecular formula is C12H12O15. The van der Waals surface area contributed by atoms with Gasteiger partial charge < -0.3 is 40.1 Å². The van der Waals surface area contributed by atoms with Crippen molar-refractivity contribution in [2.45, 2.75) is 30.8 Å². The topological polar surface area (TPSA) is 259 Å². The lowest BCUT2D eigenvalue weighted by Crippen LogP contribution is -2.42. The van der Waals surface area contributed by atoms with Crippen LogP contribution in [0, 0.1) is 0 Å². The Labute approximate surface area is 147 Å². The van der Waals surface area contributed by atoms with E-state index in [0.717, 1.165) is 0 Å². The summed E-state index contributed by atoms with van der Waals surface area (Å²) in [4.78, 5) is 76.7. The van der Waals surface area contributed by atoms with Gasteiger partial charge in [-0.15, -0.1) is 0 Å². The quantitative estimate of drug-likeness (QED) is 0.121. The average Bonchev–Trinajstić information content (AvgIpc) is 2.58. The summed E-state index contributed by atoms with van der Waals surface area (Å²) in [7, 11) is 0. The number of rotatable bonds is 9. The second-order valence-corrected chi connectivity index (χ2v) is 4.56. The van der Waals surface area contributed by atoms with Crippen LogP contribution < -0.4 is 0 Å². The summed E-state index contributed by atoms with van der Waals surface area (Å²) >= 11 is 0. The molecule has 0 aromatic rings. The highest BCUT2D eigenvalue weighted by Crippen LogP contribution is 2.02. The average molecular weight is 396 g/mol. The van der Waals surface area contributed by atoms with Gasteiger partial charge in [0, 0.05) is 0 Å². The molecule has 0 aliphatic heterocycles. The predicted molar refractivity (Wildman–Crippen MR) is 71.1 cm³/mol. The van der Waals surface area contributed by atoms with Crippen LogP contribution in [0.3, 0.4) is 0 Å². The second kappa shape index (κ2) is 10.0. The first-order valence-electron chi connectivity index (χ1n) is 6.50. The van der Waals surface area contributed by atoms with Crippen LogP contribution in [0.4, 0.5) is 0 Å². The van der Waals surface area contributed by atoms with E-state index in [1.807, 2.05) is 0 Å². The molecule has 15 heteroatoms. The van der Waals surface area contributed by atoms with Gasteiger partial charge in [0.1, 0.15) is 6.42 Å². The molecule has 4 atom stereocenters. The number of esters is 4. The molecule has 0 amide bonds. The van der Waals surface area contributed by atoms with Crippen LogP contribution in [0.2, 0.25) is 0 Å². The van der Waals surface area contributed by atoms with E-state index in [0.29, 0.717) is 0 Å². The van der Waals surface area contributed by atoms with Crippen LogP contribution in [0.15, 0.2) is 0 Å². The third-order valence-electron chi connectivity index (χ3n) is 2.53. The molecule has 0 aliphatic carbocycles. The fourth-order valence-corrected chi connectivity index (χ4v) is 1.15. The first kappa shape index (κ1) is 23.7. The molecule has 0 saturated heterocycles. The van der Waals surface area contributed by atoms with E-state index in [1.54, 1.807) is 0 Å². The van der Waals surface area contributed by atoms with E-state index in [4.69, 9.17) is 30.6 Å². The summed E-state index contributed by atoms with van der Waals surface area (Å²) in [5, 5.41) is 52.5. The molecule has 0 bridgehead atoms. The Morgan fingerprint density at radius 2 is 1.00 bits per heavy atom. The van der Waals surface area contributed by atoms with Crippen molar-refractivity contribution in [2.24, 2.45) is 0 Å². The molecule has 0 aromatic heterocycles. The Morgan fingerprint density at radius 3 is 1.37 bits per heavy atom. The van der Waals surface area contributed by atoms with E-state index in [2.05, 4.69) is 9.47 Å². The van der Waals surface area contributed by atoms with Gasteiger partial charge in [0.25, 0.3) is 5.78 Å². The Morgan fingerprint density at radius 1 is 0.630 bits per heavy atom. The first-order valence-corrected chi connectivity index (χ1v) is 6.50. The molecule has 0 heterocycles. The van der Waals surface area contributed by atoms with Gasteiger partial charge in [0.05, 0.1) is 0 Å². The minimum atomic E-state index is -2.74. The van der Waals surface area contributed by atoms with Crippen LogP contribution in [0.5, 0.6) is 0 Å². The Hall–Kier alpha value is -3.27. The van der Waals surface area contributed by atoms with Crippen molar-refractivity contribution in [2.75, 3.05) is 0 Å². The van der Waals surface area contributed by atoms with E-state index >= 15 is 0 Å². The molecule has 0 fully saturated rings. The van der Waals surface area contributed by atoms with Crippen LogP contribution >= 0.6 is 0 Å². The lowest BCUT2D eigenvalue weighted by molar-refractivity contribution is -0.179. The molecule has 15 nitrogen and oxygen atoms in total. The van der Waals surface area contributed by atoms with Crippen molar-refractivity contribution >= 4 is 41.6 Å². The van der Waals surface area contributed by atoms with Gasteiger partial charge in [-0.2, -0.15) is 0 Å². The number of carbonyl (C=O) groups excluding carboxylic acids is 5. The number of hydrogen-bond acceptors (Lipinski definition) is 13. The number of hydrogen-bond donors (Lipinski definition) is 6. The minimum absolute atomic E-state index is 1.55. The summed E-state index contributed by atoms with van der Waals surface area (Å²) in [6, 6.07) is 0. The highest BCUT2D eigenvalue weighted by Gasteiger charge is 2.36. The number of aliphatic hydroxyl groups is 4. The predicted octanol–water partition coefficient (Wildman–Crippen LogP) is -5.30. The second-order valence-electron chi connectivity index (χ2n) is 4.56. The normalized spacial score (nSPS) is 14.8. The number of ether oxygens (including phenoxy) is 2. The maximum Gasteiger partial charge on any atom is 0.382 e. The van der Waals surface area contributed by atoms with Crippen LogP contribution in [-0.2, 0) is 43.0 Å². The van der Waals surface area contributed by atoms with Crippen molar-refractivity contribution < 1.29 is 73.7 Å². The molecule has 6 N–H and O–H groups in total. The Bertz CT molecular complexity index is 664. The van der Waals surface area contributed by atoms with E-state index < -0.39 is 72.4 Å². The molecule has 27 heavy (non-hydrogen) atoms. The first-order chi connectivity index (χ1) is 12.3. The third-order valence-corrected chi connectivity index (χ3v) is 2.53. The largest absolute Gasteiger partial charge is 0.479 e. The van der Waals surface area contributed by atoms with Gasteiger partial charge in [-0.05, 0) is 0 Å². The van der Waals surface area contributed by atoms with Gasteiger partial charge in [0.15, 0.2) is 24.4 Å². The van der Waals surface area contributed by atoms with Crippen molar-refractivity contribution in [3.05, 3.63) is 0 Å². The molecule has 0 radical (unpaired) electrons. The Kier molecular flexibility index (Phi) is 8.81. The van der Waals surface area contributed by atoms with E-state index in [1.165, 1.54) is 0 Å². The number of carboxylic acid groups (broad SMARTS) is 2. The van der Waals surface area contributed by atoms with Crippen molar-refractivity contribution in [1.82, 2.24) is 0 Å². The maximum atomic E-state index is 11.3.